The van der Waals surface area contributed by atoms with E-state index in [1.165, 1.54) is 0 Å². The minimum atomic E-state index is -3.45. The van der Waals surface area contributed by atoms with Crippen LogP contribution in [0.25, 0.3) is 0 Å². The summed E-state index contributed by atoms with van der Waals surface area (Å²) in [5.74, 6) is 0. The lowest BCUT2D eigenvalue weighted by Gasteiger charge is -2.28. The van der Waals surface area contributed by atoms with Gasteiger partial charge in [-0.25, -0.2) is 13.1 Å². The zero-order valence-corrected chi connectivity index (χ0v) is 15.4. The minimum absolute atomic E-state index is 0. The van der Waals surface area contributed by atoms with Crippen molar-refractivity contribution in [3.8, 4) is 0 Å². The number of nitrogens with one attached hydrogen (secondary N) is 1. The first-order valence-corrected chi connectivity index (χ1v) is 8.23. The zero-order valence-electron chi connectivity index (χ0n) is 13.7. The number of aryl methyl sites for hydroxylation is 2. The van der Waals surface area contributed by atoms with Crippen LogP contribution in [0.15, 0.2) is 23.1 Å². The van der Waals surface area contributed by atoms with E-state index in [-0.39, 0.29) is 17.8 Å². The fraction of sp³-hybridized carbons (Fsp3) is 0.600. The summed E-state index contributed by atoms with van der Waals surface area (Å²) in [6.07, 6.45) is 0. The standard InChI is InChI=1S/C15H26N2O2S.ClH/c1-12-7-8-13(2)14(9-12)20(18,19)16-10-15(3,4)11-17(5)6;/h7-9,16H,10-11H2,1-6H3;1H. The van der Waals surface area contributed by atoms with Crippen LogP contribution in [0.4, 0.5) is 0 Å². The maximum absolute atomic E-state index is 12.4. The molecule has 0 atom stereocenters. The van der Waals surface area contributed by atoms with E-state index >= 15 is 0 Å². The Morgan fingerprint density at radius 3 is 2.29 bits per heavy atom. The van der Waals surface area contributed by atoms with E-state index in [1.54, 1.807) is 6.07 Å². The number of nitrogens with zero attached hydrogens (tertiary/aromatic N) is 1. The van der Waals surface area contributed by atoms with E-state index in [0.717, 1.165) is 17.7 Å². The van der Waals surface area contributed by atoms with Crippen LogP contribution in [0.3, 0.4) is 0 Å². The van der Waals surface area contributed by atoms with Gasteiger partial charge in [-0.3, -0.25) is 0 Å². The Morgan fingerprint density at radius 1 is 1.19 bits per heavy atom. The Labute approximate surface area is 135 Å². The molecule has 0 unspecified atom stereocenters. The summed E-state index contributed by atoms with van der Waals surface area (Å²) in [6.45, 7) is 9.06. The quantitative estimate of drug-likeness (QED) is 0.870. The molecule has 1 aromatic rings. The highest BCUT2D eigenvalue weighted by molar-refractivity contribution is 7.89. The molecule has 0 saturated heterocycles. The van der Waals surface area contributed by atoms with E-state index in [1.807, 2.05) is 40.1 Å². The van der Waals surface area contributed by atoms with E-state index in [0.29, 0.717) is 11.4 Å². The van der Waals surface area contributed by atoms with Crippen LogP contribution in [-0.2, 0) is 10.0 Å². The topological polar surface area (TPSA) is 49.4 Å². The molecule has 6 heteroatoms. The maximum Gasteiger partial charge on any atom is 0.240 e. The lowest BCUT2D eigenvalue weighted by Crippen LogP contribution is -2.40. The third-order valence-corrected chi connectivity index (χ3v) is 4.66. The first-order valence-electron chi connectivity index (χ1n) is 6.75. The van der Waals surface area contributed by atoms with Gasteiger partial charge in [0.05, 0.1) is 4.90 Å². The van der Waals surface area contributed by atoms with Crippen molar-refractivity contribution < 1.29 is 8.42 Å². The molecule has 0 amide bonds. The lowest BCUT2D eigenvalue weighted by atomic mass is 9.93. The van der Waals surface area contributed by atoms with Crippen molar-refractivity contribution in [2.45, 2.75) is 32.6 Å². The van der Waals surface area contributed by atoms with Gasteiger partial charge < -0.3 is 4.90 Å². The predicted octanol–water partition coefficient (Wildman–Crippen LogP) is 2.59. The fourth-order valence-corrected chi connectivity index (χ4v) is 3.85. The van der Waals surface area contributed by atoms with Gasteiger partial charge in [-0.05, 0) is 50.6 Å². The molecule has 1 rings (SSSR count). The molecule has 122 valence electrons. The number of sulfonamides is 1. The highest BCUT2D eigenvalue weighted by Gasteiger charge is 2.24. The highest BCUT2D eigenvalue weighted by Crippen LogP contribution is 2.19. The predicted molar refractivity (Wildman–Crippen MR) is 90.7 cm³/mol. The Balaban J connectivity index is 0.00000400. The number of hydrogen-bond donors (Lipinski definition) is 1. The first-order chi connectivity index (χ1) is 9.03. The molecule has 0 aliphatic rings. The highest BCUT2D eigenvalue weighted by atomic mass is 35.5. The smallest absolute Gasteiger partial charge is 0.240 e. The minimum Gasteiger partial charge on any atom is -0.309 e. The average Bonchev–Trinajstić information content (AvgIpc) is 2.28. The first kappa shape index (κ1) is 20.4. The molecule has 0 aromatic heterocycles. The largest absolute Gasteiger partial charge is 0.309 e. The van der Waals surface area contributed by atoms with Crippen LogP contribution in [0.1, 0.15) is 25.0 Å². The molecule has 0 aliphatic heterocycles. The van der Waals surface area contributed by atoms with E-state index in [9.17, 15) is 8.42 Å². The number of benzene rings is 1. The summed E-state index contributed by atoms with van der Waals surface area (Å²) in [5, 5.41) is 0. The third-order valence-electron chi connectivity index (χ3n) is 3.12. The molecule has 21 heavy (non-hydrogen) atoms. The van der Waals surface area contributed by atoms with Gasteiger partial charge in [0.1, 0.15) is 0 Å². The van der Waals surface area contributed by atoms with Crippen molar-refractivity contribution in [2.24, 2.45) is 5.41 Å². The van der Waals surface area contributed by atoms with Crippen LogP contribution in [0, 0.1) is 19.3 Å². The van der Waals surface area contributed by atoms with E-state index in [2.05, 4.69) is 23.5 Å². The zero-order chi connectivity index (χ0) is 15.6. The normalized spacial score (nSPS) is 12.3. The molecule has 0 bridgehead atoms. The van der Waals surface area contributed by atoms with Gasteiger partial charge in [0.15, 0.2) is 0 Å². The molecular weight excluding hydrogens is 308 g/mol. The van der Waals surface area contributed by atoms with Crippen molar-refractivity contribution >= 4 is 22.4 Å². The second-order valence-corrected chi connectivity index (χ2v) is 8.23. The monoisotopic (exact) mass is 334 g/mol. The molecular formula is C15H27ClN2O2S. The van der Waals surface area contributed by atoms with Crippen molar-refractivity contribution in [3.05, 3.63) is 29.3 Å². The van der Waals surface area contributed by atoms with Gasteiger partial charge in [-0.2, -0.15) is 0 Å². The van der Waals surface area contributed by atoms with Crippen molar-refractivity contribution in [1.29, 1.82) is 0 Å². The van der Waals surface area contributed by atoms with Crippen LogP contribution in [0.5, 0.6) is 0 Å². The lowest BCUT2D eigenvalue weighted by molar-refractivity contribution is 0.242. The Bertz CT molecular complexity index is 569. The second-order valence-electron chi connectivity index (χ2n) is 6.50. The third kappa shape index (κ3) is 6.34. The molecule has 0 fully saturated rings. The van der Waals surface area contributed by atoms with Gasteiger partial charge in [-0.15, -0.1) is 12.4 Å². The molecule has 0 radical (unpaired) electrons. The summed E-state index contributed by atoms with van der Waals surface area (Å²) in [4.78, 5) is 2.44. The van der Waals surface area contributed by atoms with E-state index < -0.39 is 10.0 Å². The summed E-state index contributed by atoms with van der Waals surface area (Å²) < 4.78 is 27.6. The van der Waals surface area contributed by atoms with E-state index in [4.69, 9.17) is 0 Å². The van der Waals surface area contributed by atoms with Crippen molar-refractivity contribution in [1.82, 2.24) is 9.62 Å². The molecule has 0 saturated carbocycles. The molecule has 4 nitrogen and oxygen atoms in total. The van der Waals surface area contributed by atoms with Gasteiger partial charge >= 0.3 is 0 Å². The van der Waals surface area contributed by atoms with Gasteiger partial charge in [0, 0.05) is 13.1 Å². The second kappa shape index (κ2) is 7.58. The van der Waals surface area contributed by atoms with Crippen LogP contribution >= 0.6 is 12.4 Å². The van der Waals surface area contributed by atoms with Gasteiger partial charge in [0.25, 0.3) is 0 Å². The fourth-order valence-electron chi connectivity index (χ4n) is 2.28. The Morgan fingerprint density at radius 2 is 1.76 bits per heavy atom. The van der Waals surface area contributed by atoms with Crippen molar-refractivity contribution in [2.75, 3.05) is 27.2 Å². The summed E-state index contributed by atoms with van der Waals surface area (Å²) >= 11 is 0. The molecule has 0 heterocycles. The van der Waals surface area contributed by atoms with Crippen LogP contribution in [0.2, 0.25) is 0 Å². The Hall–Kier alpha value is -0.620. The SMILES string of the molecule is Cc1ccc(C)c(S(=O)(=O)NCC(C)(C)CN(C)C)c1.Cl. The molecule has 0 spiro atoms. The number of hydrogen-bond acceptors (Lipinski definition) is 3. The number of halogens is 1. The van der Waals surface area contributed by atoms with Gasteiger partial charge in [-0.1, -0.05) is 26.0 Å². The molecule has 1 aromatic carbocycles. The molecule has 0 aliphatic carbocycles. The summed E-state index contributed by atoms with van der Waals surface area (Å²) in [5.41, 5.74) is 1.60. The summed E-state index contributed by atoms with van der Waals surface area (Å²) in [7, 11) is 0.523. The average molecular weight is 335 g/mol. The number of rotatable bonds is 6. The van der Waals surface area contributed by atoms with Crippen LogP contribution in [-0.4, -0.2) is 40.5 Å². The summed E-state index contributed by atoms with van der Waals surface area (Å²) in [6, 6.07) is 5.48. The van der Waals surface area contributed by atoms with Crippen molar-refractivity contribution in [3.63, 3.8) is 0 Å². The van der Waals surface area contributed by atoms with Gasteiger partial charge in [0.2, 0.25) is 10.0 Å². The molecule has 1 N–H and O–H groups in total. The maximum atomic E-state index is 12.4. The van der Waals surface area contributed by atoms with Crippen LogP contribution < -0.4 is 4.72 Å². The Kier molecular flexibility index (Phi) is 7.36.